The van der Waals surface area contributed by atoms with E-state index in [4.69, 9.17) is 5.11 Å². The molecule has 0 aliphatic heterocycles. The molecule has 0 aliphatic carbocycles. The fraction of sp³-hybridized carbons (Fsp3) is 0.600. The molecule has 88 valence electrons. The Labute approximate surface area is 98.4 Å². The van der Waals surface area contributed by atoms with Gasteiger partial charge in [0.2, 0.25) is 0 Å². The van der Waals surface area contributed by atoms with Crippen LogP contribution in [0.4, 0.5) is 0 Å². The lowest BCUT2D eigenvalue weighted by Crippen LogP contribution is -2.14. The van der Waals surface area contributed by atoms with E-state index >= 15 is 0 Å². The van der Waals surface area contributed by atoms with E-state index in [0.717, 1.165) is 25.3 Å². The van der Waals surface area contributed by atoms with Gasteiger partial charge >= 0.3 is 11.9 Å². The van der Waals surface area contributed by atoms with Crippen LogP contribution in [0.15, 0.2) is 12.7 Å². The summed E-state index contributed by atoms with van der Waals surface area (Å²) < 4.78 is 4.52. The molecule has 0 radical (unpaired) electrons. The Morgan fingerprint density at radius 3 is 2.33 bits per heavy atom. The molecule has 0 aromatic rings. The largest absolute Gasteiger partial charge is 0.478 e. The summed E-state index contributed by atoms with van der Waals surface area (Å²) in [4.78, 5) is 19.9. The van der Waals surface area contributed by atoms with Crippen LogP contribution in [0.2, 0.25) is 0 Å². The first-order chi connectivity index (χ1) is 6.99. The number of alkyl halides is 1. The summed E-state index contributed by atoms with van der Waals surface area (Å²) in [6.45, 7) is 5.05. The smallest absolute Gasteiger partial charge is 0.327 e. The summed E-state index contributed by atoms with van der Waals surface area (Å²) in [6.07, 6.45) is 3.87. The van der Waals surface area contributed by atoms with E-state index in [9.17, 15) is 9.59 Å². The van der Waals surface area contributed by atoms with Gasteiger partial charge in [-0.2, -0.15) is 0 Å². The maximum Gasteiger partial charge on any atom is 0.327 e. The third-order valence-electron chi connectivity index (χ3n) is 1.44. The highest BCUT2D eigenvalue weighted by Crippen LogP contribution is 2.10. The molecule has 0 aromatic carbocycles. The minimum Gasteiger partial charge on any atom is -0.478 e. The maximum absolute atomic E-state index is 10.7. The summed E-state index contributed by atoms with van der Waals surface area (Å²) in [5, 5.41) is 7.60. The zero-order valence-electron chi connectivity index (χ0n) is 9.03. The van der Waals surface area contributed by atoms with Crippen molar-refractivity contribution in [1.29, 1.82) is 0 Å². The SMILES string of the molecule is C=CC(=O)O.CCCCC(Br)C(=O)OC. The van der Waals surface area contributed by atoms with Crippen molar-refractivity contribution in [1.82, 2.24) is 0 Å². The first kappa shape index (κ1) is 16.6. The van der Waals surface area contributed by atoms with Gasteiger partial charge in [0.25, 0.3) is 0 Å². The van der Waals surface area contributed by atoms with E-state index < -0.39 is 5.97 Å². The number of aliphatic carboxylic acids is 1. The van der Waals surface area contributed by atoms with Crippen LogP contribution >= 0.6 is 15.9 Å². The van der Waals surface area contributed by atoms with E-state index in [0.29, 0.717) is 0 Å². The van der Waals surface area contributed by atoms with Crippen LogP contribution in [-0.4, -0.2) is 29.0 Å². The number of unbranched alkanes of at least 4 members (excludes halogenated alkanes) is 1. The molecule has 1 atom stereocenters. The lowest BCUT2D eigenvalue weighted by molar-refractivity contribution is -0.140. The Morgan fingerprint density at radius 2 is 2.07 bits per heavy atom. The highest BCUT2D eigenvalue weighted by Gasteiger charge is 2.13. The number of carbonyl (C=O) groups excluding carboxylic acids is 1. The molecule has 0 fully saturated rings. The lowest BCUT2D eigenvalue weighted by atomic mass is 10.2. The number of hydrogen-bond acceptors (Lipinski definition) is 3. The number of methoxy groups -OCH3 is 1. The molecule has 0 rings (SSSR count). The Bertz CT molecular complexity index is 204. The number of rotatable bonds is 5. The van der Waals surface area contributed by atoms with Crippen LogP contribution in [0, 0.1) is 0 Å². The van der Waals surface area contributed by atoms with Gasteiger partial charge in [0.05, 0.1) is 7.11 Å². The standard InChI is InChI=1S/C7H13BrO2.C3H4O2/c1-3-4-5-6(8)7(9)10-2;1-2-3(4)5/h6H,3-5H2,1-2H3;2H,1H2,(H,4,5). The average Bonchev–Trinajstić information content (AvgIpc) is 2.25. The van der Waals surface area contributed by atoms with E-state index in [-0.39, 0.29) is 10.8 Å². The summed E-state index contributed by atoms with van der Waals surface area (Å²) >= 11 is 3.23. The van der Waals surface area contributed by atoms with Crippen LogP contribution in [0.3, 0.4) is 0 Å². The molecular weight excluding hydrogens is 264 g/mol. The molecule has 0 saturated carbocycles. The van der Waals surface area contributed by atoms with Crippen LogP contribution in [0.1, 0.15) is 26.2 Å². The normalized spacial score (nSPS) is 10.6. The van der Waals surface area contributed by atoms with Gasteiger partial charge < -0.3 is 9.84 Å². The molecule has 4 nitrogen and oxygen atoms in total. The predicted molar refractivity (Wildman–Crippen MR) is 62.1 cm³/mol. The Morgan fingerprint density at radius 1 is 1.60 bits per heavy atom. The first-order valence-corrected chi connectivity index (χ1v) is 5.48. The summed E-state index contributed by atoms with van der Waals surface area (Å²) in [5.41, 5.74) is 0. The number of esters is 1. The minimum atomic E-state index is -0.981. The fourth-order valence-electron chi connectivity index (χ4n) is 0.629. The molecule has 0 aliphatic rings. The molecule has 5 heteroatoms. The second kappa shape index (κ2) is 11.2. The fourth-order valence-corrected chi connectivity index (χ4v) is 1.14. The molecule has 0 heterocycles. The molecule has 0 saturated heterocycles. The third kappa shape index (κ3) is 13.2. The number of halogens is 1. The van der Waals surface area contributed by atoms with Gasteiger partial charge in [-0.25, -0.2) is 4.79 Å². The molecule has 1 unspecified atom stereocenters. The Balaban J connectivity index is 0. The number of carboxylic acids is 1. The lowest BCUT2D eigenvalue weighted by Gasteiger charge is -2.04. The van der Waals surface area contributed by atoms with Crippen molar-refractivity contribution in [3.8, 4) is 0 Å². The summed E-state index contributed by atoms with van der Waals surface area (Å²) in [5.74, 6) is -1.15. The highest BCUT2D eigenvalue weighted by molar-refractivity contribution is 9.10. The zero-order chi connectivity index (χ0) is 12.3. The van der Waals surface area contributed by atoms with E-state index in [2.05, 4.69) is 34.2 Å². The van der Waals surface area contributed by atoms with Gasteiger partial charge in [-0.05, 0) is 6.42 Å². The van der Waals surface area contributed by atoms with Gasteiger partial charge in [-0.3, -0.25) is 4.79 Å². The second-order valence-corrected chi connectivity index (χ2v) is 3.78. The van der Waals surface area contributed by atoms with E-state index in [1.54, 1.807) is 0 Å². The number of carboxylic acid groups (broad SMARTS) is 1. The van der Waals surface area contributed by atoms with Gasteiger partial charge in [0, 0.05) is 6.08 Å². The van der Waals surface area contributed by atoms with E-state index in [1.165, 1.54) is 7.11 Å². The predicted octanol–water partition coefficient (Wildman–Crippen LogP) is 2.37. The molecule has 1 N–H and O–H groups in total. The molecule has 0 bridgehead atoms. The van der Waals surface area contributed by atoms with Gasteiger partial charge in [-0.15, -0.1) is 0 Å². The van der Waals surface area contributed by atoms with Crippen molar-refractivity contribution < 1.29 is 19.4 Å². The molecule has 0 aromatic heterocycles. The topological polar surface area (TPSA) is 63.6 Å². The van der Waals surface area contributed by atoms with Crippen molar-refractivity contribution in [3.05, 3.63) is 12.7 Å². The molecule has 0 spiro atoms. The van der Waals surface area contributed by atoms with Gasteiger partial charge in [-0.1, -0.05) is 42.3 Å². The maximum atomic E-state index is 10.7. The van der Waals surface area contributed by atoms with Crippen molar-refractivity contribution in [3.63, 3.8) is 0 Å². The van der Waals surface area contributed by atoms with Crippen LogP contribution in [-0.2, 0) is 14.3 Å². The van der Waals surface area contributed by atoms with Crippen LogP contribution < -0.4 is 0 Å². The zero-order valence-corrected chi connectivity index (χ0v) is 10.6. The average molecular weight is 281 g/mol. The first-order valence-electron chi connectivity index (χ1n) is 4.56. The van der Waals surface area contributed by atoms with Crippen molar-refractivity contribution in [2.24, 2.45) is 0 Å². The Kier molecular flexibility index (Phi) is 12.4. The molecule has 0 amide bonds. The quantitative estimate of drug-likeness (QED) is 0.477. The molecule has 15 heavy (non-hydrogen) atoms. The van der Waals surface area contributed by atoms with Gasteiger partial charge in [0.1, 0.15) is 4.83 Å². The monoisotopic (exact) mass is 280 g/mol. The van der Waals surface area contributed by atoms with Crippen LogP contribution in [0.5, 0.6) is 0 Å². The number of carbonyl (C=O) groups is 2. The number of ether oxygens (including phenoxy) is 1. The summed E-state index contributed by atoms with van der Waals surface area (Å²) in [7, 11) is 1.41. The Hall–Kier alpha value is -0.840. The summed E-state index contributed by atoms with van der Waals surface area (Å²) in [6, 6.07) is 0. The minimum absolute atomic E-state index is 0.113. The highest BCUT2D eigenvalue weighted by atomic mass is 79.9. The van der Waals surface area contributed by atoms with Crippen molar-refractivity contribution >= 4 is 27.9 Å². The second-order valence-electron chi connectivity index (χ2n) is 2.68. The van der Waals surface area contributed by atoms with E-state index in [1.807, 2.05) is 0 Å². The van der Waals surface area contributed by atoms with Gasteiger partial charge in [0.15, 0.2) is 0 Å². The third-order valence-corrected chi connectivity index (χ3v) is 2.27. The van der Waals surface area contributed by atoms with Crippen molar-refractivity contribution in [2.45, 2.75) is 31.0 Å². The van der Waals surface area contributed by atoms with Crippen LogP contribution in [0.25, 0.3) is 0 Å². The molecular formula is C10H17BrO4. The number of hydrogen-bond donors (Lipinski definition) is 1. The van der Waals surface area contributed by atoms with Crippen molar-refractivity contribution in [2.75, 3.05) is 7.11 Å².